The van der Waals surface area contributed by atoms with Gasteiger partial charge >= 0.3 is 0 Å². The fourth-order valence-electron chi connectivity index (χ4n) is 2.29. The molecule has 0 N–H and O–H groups in total. The Hall–Kier alpha value is -1.54. The van der Waals surface area contributed by atoms with Gasteiger partial charge in [-0.1, -0.05) is 30.3 Å². The van der Waals surface area contributed by atoms with E-state index in [2.05, 4.69) is 0 Å². The van der Waals surface area contributed by atoms with Crippen LogP contribution in [0.25, 0.3) is 0 Å². The van der Waals surface area contributed by atoms with Crippen LogP contribution in [-0.2, 0) is 5.88 Å². The molecule has 0 amide bonds. The summed E-state index contributed by atoms with van der Waals surface area (Å²) < 4.78 is 14.2. The summed E-state index contributed by atoms with van der Waals surface area (Å²) in [7, 11) is 0. The van der Waals surface area contributed by atoms with Gasteiger partial charge in [0.25, 0.3) is 0 Å². The van der Waals surface area contributed by atoms with Crippen molar-refractivity contribution in [3.8, 4) is 0 Å². The molecule has 2 aromatic carbocycles. The maximum atomic E-state index is 14.2. The summed E-state index contributed by atoms with van der Waals surface area (Å²) >= 11 is 5.94. The molecule has 0 bridgehead atoms. The molecule has 19 heavy (non-hydrogen) atoms. The van der Waals surface area contributed by atoms with Gasteiger partial charge in [0.05, 0.1) is 5.69 Å². The molecule has 0 radical (unpaired) electrons. The predicted molar refractivity (Wildman–Crippen MR) is 79.8 cm³/mol. The zero-order valence-corrected chi connectivity index (χ0v) is 11.9. The molecule has 2 aromatic rings. The highest BCUT2D eigenvalue weighted by atomic mass is 35.5. The van der Waals surface area contributed by atoms with Crippen molar-refractivity contribution >= 4 is 23.0 Å². The molecule has 0 aromatic heterocycles. The molecule has 0 aliphatic heterocycles. The van der Waals surface area contributed by atoms with Crippen molar-refractivity contribution in [3.05, 3.63) is 59.4 Å². The van der Waals surface area contributed by atoms with Crippen LogP contribution >= 0.6 is 11.6 Å². The predicted octanol–water partition coefficient (Wildman–Crippen LogP) is 5.03. The number of anilines is 2. The second-order valence-corrected chi connectivity index (χ2v) is 4.68. The second kappa shape index (κ2) is 6.07. The fraction of sp³-hybridized carbons (Fsp3) is 0.250. The molecule has 0 spiro atoms. The van der Waals surface area contributed by atoms with Crippen LogP contribution < -0.4 is 4.90 Å². The minimum absolute atomic E-state index is 0.233. The molecular weight excluding hydrogens is 261 g/mol. The number of alkyl halides is 1. The summed E-state index contributed by atoms with van der Waals surface area (Å²) in [5.74, 6) is 0.0680. The lowest BCUT2D eigenvalue weighted by molar-refractivity contribution is 0.624. The van der Waals surface area contributed by atoms with E-state index in [1.54, 1.807) is 6.07 Å². The van der Waals surface area contributed by atoms with Crippen LogP contribution in [0.15, 0.2) is 42.5 Å². The van der Waals surface area contributed by atoms with E-state index in [-0.39, 0.29) is 5.82 Å². The first-order chi connectivity index (χ1) is 9.19. The zero-order chi connectivity index (χ0) is 13.8. The average molecular weight is 278 g/mol. The molecule has 0 fully saturated rings. The van der Waals surface area contributed by atoms with E-state index < -0.39 is 0 Å². The summed E-state index contributed by atoms with van der Waals surface area (Å²) in [6.45, 7) is 4.73. The number of benzene rings is 2. The zero-order valence-electron chi connectivity index (χ0n) is 11.2. The van der Waals surface area contributed by atoms with E-state index >= 15 is 0 Å². The monoisotopic (exact) mass is 277 g/mol. The van der Waals surface area contributed by atoms with E-state index in [9.17, 15) is 4.39 Å². The van der Waals surface area contributed by atoms with E-state index in [0.717, 1.165) is 16.8 Å². The first-order valence-corrected chi connectivity index (χ1v) is 6.89. The SMILES string of the molecule is CCN(c1ccccc1C)c1c(F)cccc1CCl. The van der Waals surface area contributed by atoms with Gasteiger partial charge in [-0.25, -0.2) is 4.39 Å². The Balaban J connectivity index is 2.58. The van der Waals surface area contributed by atoms with Gasteiger partial charge in [-0.3, -0.25) is 0 Å². The standard InChI is InChI=1S/C16H17ClFN/c1-3-19(15-10-5-4-7-12(15)2)16-13(11-17)8-6-9-14(16)18/h4-10H,3,11H2,1-2H3. The van der Waals surface area contributed by atoms with Crippen molar-refractivity contribution in [1.29, 1.82) is 0 Å². The van der Waals surface area contributed by atoms with Gasteiger partial charge in [0, 0.05) is 18.1 Å². The minimum Gasteiger partial charge on any atom is -0.339 e. The second-order valence-electron chi connectivity index (χ2n) is 4.41. The van der Waals surface area contributed by atoms with Crippen molar-refractivity contribution in [2.24, 2.45) is 0 Å². The minimum atomic E-state index is -0.233. The Bertz CT molecular complexity index is 568. The Morgan fingerprint density at radius 2 is 1.84 bits per heavy atom. The Morgan fingerprint density at radius 3 is 2.47 bits per heavy atom. The molecule has 0 unspecified atom stereocenters. The van der Waals surface area contributed by atoms with Gasteiger partial charge in [-0.05, 0) is 37.1 Å². The van der Waals surface area contributed by atoms with E-state index in [4.69, 9.17) is 11.6 Å². The molecule has 0 saturated carbocycles. The van der Waals surface area contributed by atoms with Crippen LogP contribution in [0.4, 0.5) is 15.8 Å². The topological polar surface area (TPSA) is 3.24 Å². The number of aryl methyl sites for hydroxylation is 1. The lowest BCUT2D eigenvalue weighted by Gasteiger charge is -2.27. The average Bonchev–Trinajstić information content (AvgIpc) is 2.43. The number of hydrogen-bond acceptors (Lipinski definition) is 1. The van der Waals surface area contributed by atoms with Crippen LogP contribution in [0.2, 0.25) is 0 Å². The normalized spacial score (nSPS) is 10.5. The lowest BCUT2D eigenvalue weighted by Crippen LogP contribution is -2.20. The number of nitrogens with zero attached hydrogens (tertiary/aromatic N) is 1. The number of halogens is 2. The van der Waals surface area contributed by atoms with Crippen molar-refractivity contribution < 1.29 is 4.39 Å². The lowest BCUT2D eigenvalue weighted by atomic mass is 10.1. The maximum absolute atomic E-state index is 14.2. The van der Waals surface area contributed by atoms with Crippen molar-refractivity contribution in [3.63, 3.8) is 0 Å². The Morgan fingerprint density at radius 1 is 1.11 bits per heavy atom. The third-order valence-electron chi connectivity index (χ3n) is 3.21. The molecule has 100 valence electrons. The molecule has 2 rings (SSSR count). The molecular formula is C16H17ClFN. The number of hydrogen-bond donors (Lipinski definition) is 0. The Kier molecular flexibility index (Phi) is 4.43. The highest BCUT2D eigenvalue weighted by molar-refractivity contribution is 6.17. The van der Waals surface area contributed by atoms with Crippen LogP contribution in [0, 0.1) is 12.7 Å². The highest BCUT2D eigenvalue weighted by Crippen LogP contribution is 2.33. The van der Waals surface area contributed by atoms with Crippen LogP contribution in [0.5, 0.6) is 0 Å². The Labute approximate surface area is 118 Å². The van der Waals surface area contributed by atoms with Gasteiger partial charge in [0.15, 0.2) is 0 Å². The molecule has 0 atom stereocenters. The summed E-state index contributed by atoms with van der Waals surface area (Å²) in [5.41, 5.74) is 3.52. The van der Waals surface area contributed by atoms with Crippen LogP contribution in [0.1, 0.15) is 18.1 Å². The molecule has 0 aliphatic carbocycles. The van der Waals surface area contributed by atoms with Crippen molar-refractivity contribution in [2.45, 2.75) is 19.7 Å². The highest BCUT2D eigenvalue weighted by Gasteiger charge is 2.17. The van der Waals surface area contributed by atoms with E-state index in [1.165, 1.54) is 6.07 Å². The van der Waals surface area contributed by atoms with E-state index in [0.29, 0.717) is 18.1 Å². The van der Waals surface area contributed by atoms with Gasteiger partial charge in [0.1, 0.15) is 5.82 Å². The van der Waals surface area contributed by atoms with Gasteiger partial charge < -0.3 is 4.90 Å². The molecule has 0 aliphatic rings. The third-order valence-corrected chi connectivity index (χ3v) is 3.49. The first kappa shape index (κ1) is 13.9. The first-order valence-electron chi connectivity index (χ1n) is 6.35. The van der Waals surface area contributed by atoms with Crippen molar-refractivity contribution in [1.82, 2.24) is 0 Å². The third kappa shape index (κ3) is 2.74. The van der Waals surface area contributed by atoms with Crippen molar-refractivity contribution in [2.75, 3.05) is 11.4 Å². The van der Waals surface area contributed by atoms with Gasteiger partial charge in [-0.2, -0.15) is 0 Å². The molecule has 1 nitrogen and oxygen atoms in total. The smallest absolute Gasteiger partial charge is 0.147 e. The summed E-state index contributed by atoms with van der Waals surface area (Å²) in [5, 5.41) is 0. The summed E-state index contributed by atoms with van der Waals surface area (Å²) in [6.07, 6.45) is 0. The summed E-state index contributed by atoms with van der Waals surface area (Å²) in [6, 6.07) is 13.0. The molecule has 3 heteroatoms. The summed E-state index contributed by atoms with van der Waals surface area (Å²) in [4.78, 5) is 1.97. The van der Waals surface area contributed by atoms with Crippen LogP contribution in [-0.4, -0.2) is 6.54 Å². The molecule has 0 heterocycles. The largest absolute Gasteiger partial charge is 0.339 e. The fourth-order valence-corrected chi connectivity index (χ4v) is 2.50. The quantitative estimate of drug-likeness (QED) is 0.709. The van der Waals surface area contributed by atoms with Gasteiger partial charge in [-0.15, -0.1) is 11.6 Å². The number of rotatable bonds is 4. The number of para-hydroxylation sites is 2. The van der Waals surface area contributed by atoms with Gasteiger partial charge in [0.2, 0.25) is 0 Å². The van der Waals surface area contributed by atoms with E-state index in [1.807, 2.05) is 49.1 Å². The molecule has 0 saturated heterocycles. The van der Waals surface area contributed by atoms with Crippen LogP contribution in [0.3, 0.4) is 0 Å². The maximum Gasteiger partial charge on any atom is 0.147 e.